The van der Waals surface area contributed by atoms with E-state index in [1.165, 1.54) is 6.92 Å². The van der Waals surface area contributed by atoms with Crippen molar-refractivity contribution in [3.8, 4) is 0 Å². The molecule has 5 nitrogen and oxygen atoms in total. The molecule has 0 fully saturated rings. The van der Waals surface area contributed by atoms with Crippen LogP contribution in [-0.4, -0.2) is 31.6 Å². The SMILES string of the molecule is CCCOCCCNC(=O)Nc1ccc(C(C)=O)cc1. The van der Waals surface area contributed by atoms with Crippen molar-refractivity contribution in [1.29, 1.82) is 0 Å². The molecular weight excluding hydrogens is 256 g/mol. The first kappa shape index (κ1) is 16.2. The molecule has 0 atom stereocenters. The Morgan fingerprint density at radius 2 is 1.85 bits per heavy atom. The number of anilines is 1. The summed E-state index contributed by atoms with van der Waals surface area (Å²) < 4.78 is 5.31. The highest BCUT2D eigenvalue weighted by molar-refractivity contribution is 5.95. The van der Waals surface area contributed by atoms with E-state index in [9.17, 15) is 9.59 Å². The third-order valence-electron chi connectivity index (χ3n) is 2.65. The van der Waals surface area contributed by atoms with Gasteiger partial charge < -0.3 is 15.4 Å². The van der Waals surface area contributed by atoms with Gasteiger partial charge in [0, 0.05) is 31.0 Å². The summed E-state index contributed by atoms with van der Waals surface area (Å²) >= 11 is 0. The lowest BCUT2D eigenvalue weighted by atomic mass is 10.1. The van der Waals surface area contributed by atoms with Gasteiger partial charge >= 0.3 is 6.03 Å². The molecule has 1 aromatic carbocycles. The van der Waals surface area contributed by atoms with Crippen molar-refractivity contribution in [2.24, 2.45) is 0 Å². The van der Waals surface area contributed by atoms with Crippen LogP contribution in [-0.2, 0) is 4.74 Å². The van der Waals surface area contributed by atoms with Crippen molar-refractivity contribution in [2.45, 2.75) is 26.7 Å². The summed E-state index contributed by atoms with van der Waals surface area (Å²) in [6.45, 7) is 5.55. The average molecular weight is 278 g/mol. The summed E-state index contributed by atoms with van der Waals surface area (Å²) in [4.78, 5) is 22.7. The molecule has 0 aliphatic carbocycles. The van der Waals surface area contributed by atoms with Crippen LogP contribution in [0.2, 0.25) is 0 Å². The summed E-state index contributed by atoms with van der Waals surface area (Å²) in [6.07, 6.45) is 1.79. The second-order valence-corrected chi connectivity index (χ2v) is 4.48. The standard InChI is InChI=1S/C15H22N2O3/c1-3-10-20-11-4-9-16-15(19)17-14-7-5-13(6-8-14)12(2)18/h5-8H,3-4,9-11H2,1-2H3,(H2,16,17,19). The van der Waals surface area contributed by atoms with E-state index in [4.69, 9.17) is 4.74 Å². The van der Waals surface area contributed by atoms with Crippen LogP contribution >= 0.6 is 0 Å². The number of urea groups is 1. The second kappa shape index (κ2) is 9.09. The molecule has 2 amide bonds. The zero-order valence-corrected chi connectivity index (χ0v) is 12.1. The number of amides is 2. The first-order chi connectivity index (χ1) is 9.63. The van der Waals surface area contributed by atoms with Gasteiger partial charge in [-0.3, -0.25) is 4.79 Å². The van der Waals surface area contributed by atoms with Crippen LogP contribution in [0.3, 0.4) is 0 Å². The summed E-state index contributed by atoms with van der Waals surface area (Å²) in [5.74, 6) is 0.00748. The molecule has 5 heteroatoms. The Hall–Kier alpha value is -1.88. The smallest absolute Gasteiger partial charge is 0.319 e. The predicted octanol–water partition coefficient (Wildman–Crippen LogP) is 2.83. The number of carbonyl (C=O) groups excluding carboxylic acids is 2. The zero-order valence-electron chi connectivity index (χ0n) is 12.1. The van der Waals surface area contributed by atoms with Gasteiger partial charge in [0.25, 0.3) is 0 Å². The number of nitrogens with one attached hydrogen (secondary N) is 2. The molecule has 0 aliphatic heterocycles. The Morgan fingerprint density at radius 3 is 2.45 bits per heavy atom. The molecule has 20 heavy (non-hydrogen) atoms. The fourth-order valence-corrected chi connectivity index (χ4v) is 1.59. The van der Waals surface area contributed by atoms with Gasteiger partial charge in [0.15, 0.2) is 5.78 Å². The Kier molecular flexibility index (Phi) is 7.35. The molecule has 0 radical (unpaired) electrons. The minimum absolute atomic E-state index is 0.00748. The highest BCUT2D eigenvalue weighted by atomic mass is 16.5. The minimum Gasteiger partial charge on any atom is -0.381 e. The average Bonchev–Trinajstić information content (AvgIpc) is 2.43. The molecule has 2 N–H and O–H groups in total. The Morgan fingerprint density at radius 1 is 1.15 bits per heavy atom. The van der Waals surface area contributed by atoms with Gasteiger partial charge in [0.1, 0.15) is 0 Å². The molecule has 110 valence electrons. The normalized spacial score (nSPS) is 10.1. The van der Waals surface area contributed by atoms with Crippen molar-refractivity contribution in [3.63, 3.8) is 0 Å². The van der Waals surface area contributed by atoms with E-state index in [0.717, 1.165) is 19.4 Å². The van der Waals surface area contributed by atoms with Crippen molar-refractivity contribution in [3.05, 3.63) is 29.8 Å². The Labute approximate surface area is 119 Å². The van der Waals surface area contributed by atoms with Crippen LogP contribution < -0.4 is 10.6 Å². The van der Waals surface area contributed by atoms with E-state index >= 15 is 0 Å². The Bertz CT molecular complexity index is 429. The highest BCUT2D eigenvalue weighted by Crippen LogP contribution is 2.09. The molecule has 1 aromatic rings. The molecule has 0 spiro atoms. The zero-order chi connectivity index (χ0) is 14.8. The summed E-state index contributed by atoms with van der Waals surface area (Å²) in [7, 11) is 0. The highest BCUT2D eigenvalue weighted by Gasteiger charge is 2.02. The van der Waals surface area contributed by atoms with Gasteiger partial charge in [-0.2, -0.15) is 0 Å². The predicted molar refractivity (Wildman–Crippen MR) is 79.2 cm³/mol. The first-order valence-corrected chi connectivity index (χ1v) is 6.87. The van der Waals surface area contributed by atoms with Crippen molar-refractivity contribution >= 4 is 17.5 Å². The maximum atomic E-state index is 11.6. The Balaban J connectivity index is 2.23. The van der Waals surface area contributed by atoms with E-state index in [2.05, 4.69) is 17.6 Å². The molecule has 0 aromatic heterocycles. The van der Waals surface area contributed by atoms with Gasteiger partial charge in [0.2, 0.25) is 0 Å². The van der Waals surface area contributed by atoms with Crippen LogP contribution in [0, 0.1) is 0 Å². The number of hydrogen-bond acceptors (Lipinski definition) is 3. The number of hydrogen-bond donors (Lipinski definition) is 2. The molecule has 0 saturated heterocycles. The molecule has 0 saturated carbocycles. The van der Waals surface area contributed by atoms with Crippen molar-refractivity contribution < 1.29 is 14.3 Å². The third-order valence-corrected chi connectivity index (χ3v) is 2.65. The van der Waals surface area contributed by atoms with E-state index < -0.39 is 0 Å². The molecule has 0 bridgehead atoms. The van der Waals surface area contributed by atoms with Gasteiger partial charge in [-0.1, -0.05) is 6.92 Å². The fourth-order valence-electron chi connectivity index (χ4n) is 1.59. The van der Waals surface area contributed by atoms with Crippen LogP contribution in [0.1, 0.15) is 37.0 Å². The van der Waals surface area contributed by atoms with E-state index in [-0.39, 0.29) is 11.8 Å². The molecule has 0 heterocycles. The molecule has 0 unspecified atom stereocenters. The maximum Gasteiger partial charge on any atom is 0.319 e. The van der Waals surface area contributed by atoms with E-state index in [0.29, 0.717) is 24.4 Å². The number of Topliss-reactive ketones (excluding diaryl/α,β-unsaturated/α-hetero) is 1. The molecule has 0 aliphatic rings. The van der Waals surface area contributed by atoms with Crippen molar-refractivity contribution in [1.82, 2.24) is 5.32 Å². The minimum atomic E-state index is -0.254. The van der Waals surface area contributed by atoms with E-state index in [1.54, 1.807) is 24.3 Å². The van der Waals surface area contributed by atoms with Gasteiger partial charge in [-0.15, -0.1) is 0 Å². The lowest BCUT2D eigenvalue weighted by molar-refractivity contribution is 0.101. The number of ether oxygens (including phenoxy) is 1. The first-order valence-electron chi connectivity index (χ1n) is 6.87. The summed E-state index contributed by atoms with van der Waals surface area (Å²) in [6, 6.07) is 6.55. The quantitative estimate of drug-likeness (QED) is 0.567. The second-order valence-electron chi connectivity index (χ2n) is 4.48. The van der Waals surface area contributed by atoms with Gasteiger partial charge in [-0.25, -0.2) is 4.79 Å². The van der Waals surface area contributed by atoms with Crippen LogP contribution in [0.4, 0.5) is 10.5 Å². The largest absolute Gasteiger partial charge is 0.381 e. The van der Waals surface area contributed by atoms with Gasteiger partial charge in [-0.05, 0) is 44.0 Å². The summed E-state index contributed by atoms with van der Waals surface area (Å²) in [5, 5.41) is 5.46. The monoisotopic (exact) mass is 278 g/mol. The number of benzene rings is 1. The van der Waals surface area contributed by atoms with E-state index in [1.807, 2.05) is 0 Å². The fraction of sp³-hybridized carbons (Fsp3) is 0.467. The lowest BCUT2D eigenvalue weighted by Gasteiger charge is -2.08. The third kappa shape index (κ3) is 6.33. The van der Waals surface area contributed by atoms with Crippen LogP contribution in [0.5, 0.6) is 0 Å². The summed E-state index contributed by atoms with van der Waals surface area (Å²) in [5.41, 5.74) is 1.29. The number of ketones is 1. The molecule has 1 rings (SSSR count). The topological polar surface area (TPSA) is 67.4 Å². The number of rotatable bonds is 8. The lowest BCUT2D eigenvalue weighted by Crippen LogP contribution is -2.30. The maximum absolute atomic E-state index is 11.6. The van der Waals surface area contributed by atoms with Crippen LogP contribution in [0.25, 0.3) is 0 Å². The van der Waals surface area contributed by atoms with Crippen molar-refractivity contribution in [2.75, 3.05) is 25.1 Å². The molecular formula is C15H22N2O3. The number of carbonyl (C=O) groups is 2. The van der Waals surface area contributed by atoms with Crippen LogP contribution in [0.15, 0.2) is 24.3 Å². The van der Waals surface area contributed by atoms with Gasteiger partial charge in [0.05, 0.1) is 0 Å².